The zero-order valence-electron chi connectivity index (χ0n) is 15.2. The van der Waals surface area contributed by atoms with E-state index < -0.39 is 5.97 Å². The van der Waals surface area contributed by atoms with Crippen LogP contribution in [0.5, 0.6) is 11.5 Å². The number of benzene rings is 1. The summed E-state index contributed by atoms with van der Waals surface area (Å²) in [5.74, 6) is 0.242. The van der Waals surface area contributed by atoms with Gasteiger partial charge in [-0.15, -0.1) is 0 Å². The van der Waals surface area contributed by atoms with Crippen molar-refractivity contribution in [2.45, 2.75) is 20.8 Å². The van der Waals surface area contributed by atoms with Crippen LogP contribution in [0.2, 0.25) is 0 Å². The Kier molecular flexibility index (Phi) is 4.79. The van der Waals surface area contributed by atoms with E-state index in [1.165, 1.54) is 0 Å². The molecule has 0 bridgehead atoms. The monoisotopic (exact) mass is 355 g/mol. The summed E-state index contributed by atoms with van der Waals surface area (Å²) < 4.78 is 12.8. The highest BCUT2D eigenvalue weighted by Gasteiger charge is 2.19. The first kappa shape index (κ1) is 17.7. The Balaban J connectivity index is 2.20. The largest absolute Gasteiger partial charge is 0.490 e. The van der Waals surface area contributed by atoms with E-state index in [0.29, 0.717) is 47.1 Å². The molecule has 0 spiro atoms. The maximum absolute atomic E-state index is 11.8. The Morgan fingerprint density at radius 2 is 1.85 bits per heavy atom. The Labute approximate surface area is 151 Å². The summed E-state index contributed by atoms with van der Waals surface area (Å²) >= 11 is 0. The SMILES string of the molecule is CCOc1ccc(-c2cc(C(=O)O)c3c(C)nn(C)c3n2)cc1OCC. The number of hydrogen-bond acceptors (Lipinski definition) is 5. The number of carboxylic acid groups (broad SMARTS) is 1. The van der Waals surface area contributed by atoms with Crippen molar-refractivity contribution in [2.24, 2.45) is 7.05 Å². The van der Waals surface area contributed by atoms with E-state index in [-0.39, 0.29) is 5.56 Å². The van der Waals surface area contributed by atoms with E-state index >= 15 is 0 Å². The van der Waals surface area contributed by atoms with Crippen LogP contribution in [0.25, 0.3) is 22.3 Å². The smallest absolute Gasteiger partial charge is 0.336 e. The molecule has 0 saturated carbocycles. The molecule has 0 aliphatic rings. The van der Waals surface area contributed by atoms with E-state index in [4.69, 9.17) is 9.47 Å². The third kappa shape index (κ3) is 3.08. The molecule has 2 aromatic heterocycles. The molecule has 0 atom stereocenters. The molecule has 0 aliphatic carbocycles. The van der Waals surface area contributed by atoms with Gasteiger partial charge in [0, 0.05) is 12.6 Å². The molecule has 0 aliphatic heterocycles. The van der Waals surface area contributed by atoms with E-state index in [9.17, 15) is 9.90 Å². The normalized spacial score (nSPS) is 10.9. The van der Waals surface area contributed by atoms with Gasteiger partial charge in [-0.2, -0.15) is 5.10 Å². The van der Waals surface area contributed by atoms with Gasteiger partial charge < -0.3 is 14.6 Å². The zero-order valence-corrected chi connectivity index (χ0v) is 15.2. The predicted molar refractivity (Wildman–Crippen MR) is 98.0 cm³/mol. The third-order valence-corrected chi connectivity index (χ3v) is 4.04. The van der Waals surface area contributed by atoms with Gasteiger partial charge in [-0.1, -0.05) is 0 Å². The summed E-state index contributed by atoms with van der Waals surface area (Å²) in [6.07, 6.45) is 0. The molecule has 3 aromatic rings. The number of ether oxygens (including phenoxy) is 2. The molecule has 0 fully saturated rings. The molecule has 1 N–H and O–H groups in total. The summed E-state index contributed by atoms with van der Waals surface area (Å²) in [5, 5.41) is 14.5. The zero-order chi connectivity index (χ0) is 18.8. The highest BCUT2D eigenvalue weighted by atomic mass is 16.5. The molecule has 2 heterocycles. The minimum absolute atomic E-state index is 0.183. The second-order valence-corrected chi connectivity index (χ2v) is 5.80. The van der Waals surface area contributed by atoms with Crippen molar-refractivity contribution in [3.8, 4) is 22.8 Å². The Morgan fingerprint density at radius 1 is 1.15 bits per heavy atom. The molecule has 3 rings (SSSR count). The highest BCUT2D eigenvalue weighted by molar-refractivity contribution is 6.04. The molecular formula is C19H21N3O4. The lowest BCUT2D eigenvalue weighted by atomic mass is 10.1. The fraction of sp³-hybridized carbons (Fsp3) is 0.316. The van der Waals surface area contributed by atoms with E-state index in [2.05, 4.69) is 10.1 Å². The lowest BCUT2D eigenvalue weighted by Gasteiger charge is -2.13. The van der Waals surface area contributed by atoms with Gasteiger partial charge in [0.2, 0.25) is 0 Å². The maximum atomic E-state index is 11.8. The van der Waals surface area contributed by atoms with Crippen LogP contribution in [-0.4, -0.2) is 39.1 Å². The Hall–Kier alpha value is -3.09. The summed E-state index contributed by atoms with van der Waals surface area (Å²) in [7, 11) is 1.75. The van der Waals surface area contributed by atoms with Crippen LogP contribution < -0.4 is 9.47 Å². The number of pyridine rings is 1. The molecule has 26 heavy (non-hydrogen) atoms. The van der Waals surface area contributed by atoms with E-state index in [1.807, 2.05) is 32.0 Å². The van der Waals surface area contributed by atoms with Crippen LogP contribution in [0.15, 0.2) is 24.3 Å². The Bertz CT molecular complexity index is 979. The number of rotatable bonds is 6. The summed E-state index contributed by atoms with van der Waals surface area (Å²) in [4.78, 5) is 16.4. The van der Waals surface area contributed by atoms with Crippen molar-refractivity contribution in [1.29, 1.82) is 0 Å². The van der Waals surface area contributed by atoms with Gasteiger partial charge in [0.25, 0.3) is 0 Å². The second-order valence-electron chi connectivity index (χ2n) is 5.80. The Morgan fingerprint density at radius 3 is 2.50 bits per heavy atom. The first-order valence-electron chi connectivity index (χ1n) is 8.43. The van der Waals surface area contributed by atoms with Crippen LogP contribution in [0.4, 0.5) is 0 Å². The number of fused-ring (bicyclic) bond motifs is 1. The molecule has 7 nitrogen and oxygen atoms in total. The quantitative estimate of drug-likeness (QED) is 0.729. The number of aryl methyl sites for hydroxylation is 2. The molecule has 7 heteroatoms. The fourth-order valence-corrected chi connectivity index (χ4v) is 2.97. The lowest BCUT2D eigenvalue weighted by molar-refractivity contribution is 0.0699. The van der Waals surface area contributed by atoms with Crippen molar-refractivity contribution in [3.63, 3.8) is 0 Å². The van der Waals surface area contributed by atoms with Crippen molar-refractivity contribution in [1.82, 2.24) is 14.8 Å². The molecular weight excluding hydrogens is 334 g/mol. The van der Waals surface area contributed by atoms with Gasteiger partial charge in [0.05, 0.1) is 35.6 Å². The van der Waals surface area contributed by atoms with E-state index in [1.54, 1.807) is 24.7 Å². The average Bonchev–Trinajstić information content (AvgIpc) is 2.90. The highest BCUT2D eigenvalue weighted by Crippen LogP contribution is 2.34. The lowest BCUT2D eigenvalue weighted by Crippen LogP contribution is -2.02. The first-order chi connectivity index (χ1) is 12.5. The number of nitrogens with zero attached hydrogens (tertiary/aromatic N) is 3. The fourth-order valence-electron chi connectivity index (χ4n) is 2.97. The van der Waals surface area contributed by atoms with Crippen LogP contribution >= 0.6 is 0 Å². The molecule has 0 saturated heterocycles. The van der Waals surface area contributed by atoms with Crippen molar-refractivity contribution >= 4 is 17.0 Å². The van der Waals surface area contributed by atoms with Gasteiger partial charge >= 0.3 is 5.97 Å². The van der Waals surface area contributed by atoms with Gasteiger partial charge in [0.1, 0.15) is 0 Å². The molecule has 0 unspecified atom stereocenters. The van der Waals surface area contributed by atoms with Crippen molar-refractivity contribution in [3.05, 3.63) is 35.5 Å². The van der Waals surface area contributed by atoms with Gasteiger partial charge in [-0.3, -0.25) is 4.68 Å². The topological polar surface area (TPSA) is 86.5 Å². The number of hydrogen-bond donors (Lipinski definition) is 1. The van der Waals surface area contributed by atoms with Crippen LogP contribution in [0, 0.1) is 6.92 Å². The van der Waals surface area contributed by atoms with Crippen LogP contribution in [0.3, 0.4) is 0 Å². The van der Waals surface area contributed by atoms with E-state index in [0.717, 1.165) is 5.56 Å². The standard InChI is InChI=1S/C19H21N3O4/c1-5-25-15-8-7-12(9-16(15)26-6-2)14-10-13(19(23)24)17-11(3)21-22(4)18(17)20-14/h7-10H,5-6H2,1-4H3,(H,23,24). The molecule has 136 valence electrons. The summed E-state index contributed by atoms with van der Waals surface area (Å²) in [5.41, 5.74) is 2.65. The minimum atomic E-state index is -1.01. The van der Waals surface area contributed by atoms with Crippen molar-refractivity contribution < 1.29 is 19.4 Å². The predicted octanol–water partition coefficient (Wildman–Crippen LogP) is 3.44. The van der Waals surface area contributed by atoms with Crippen LogP contribution in [-0.2, 0) is 7.05 Å². The van der Waals surface area contributed by atoms with Gasteiger partial charge in [0.15, 0.2) is 17.1 Å². The third-order valence-electron chi connectivity index (χ3n) is 4.04. The summed E-state index contributed by atoms with van der Waals surface area (Å²) in [6, 6.07) is 7.05. The average molecular weight is 355 g/mol. The van der Waals surface area contributed by atoms with Crippen molar-refractivity contribution in [2.75, 3.05) is 13.2 Å². The second kappa shape index (κ2) is 7.03. The number of aromatic nitrogens is 3. The van der Waals surface area contributed by atoms with Crippen LogP contribution in [0.1, 0.15) is 29.9 Å². The first-order valence-corrected chi connectivity index (χ1v) is 8.43. The number of carboxylic acids is 1. The molecule has 1 aromatic carbocycles. The summed E-state index contributed by atoms with van der Waals surface area (Å²) in [6.45, 7) is 6.61. The maximum Gasteiger partial charge on any atom is 0.336 e. The molecule has 0 amide bonds. The van der Waals surface area contributed by atoms with Gasteiger partial charge in [-0.05, 0) is 45.0 Å². The number of aromatic carboxylic acids is 1. The number of carbonyl (C=O) groups is 1. The molecule has 0 radical (unpaired) electrons. The minimum Gasteiger partial charge on any atom is -0.490 e. The van der Waals surface area contributed by atoms with Gasteiger partial charge in [-0.25, -0.2) is 9.78 Å².